The molecule has 8 nitrogen and oxygen atoms in total. The second-order valence-corrected chi connectivity index (χ2v) is 7.17. The van der Waals surface area contributed by atoms with Gasteiger partial charge in [0.25, 0.3) is 0 Å². The van der Waals surface area contributed by atoms with Gasteiger partial charge < -0.3 is 24.8 Å². The quantitative estimate of drug-likeness (QED) is 0.613. The fraction of sp³-hybridized carbons (Fsp3) is 0.450. The lowest BCUT2D eigenvalue weighted by atomic mass is 10.1. The Kier molecular flexibility index (Phi) is 7.03. The molecule has 2 N–H and O–H groups in total. The van der Waals surface area contributed by atoms with E-state index in [-0.39, 0.29) is 24.1 Å². The number of benzene rings is 1. The Morgan fingerprint density at radius 1 is 1.29 bits per heavy atom. The molecule has 1 aromatic carbocycles. The maximum absolute atomic E-state index is 12.2. The second kappa shape index (κ2) is 9.71. The first-order chi connectivity index (χ1) is 14.7. The van der Waals surface area contributed by atoms with E-state index < -0.39 is 12.3 Å². The van der Waals surface area contributed by atoms with Gasteiger partial charge in [-0.3, -0.25) is 4.79 Å². The molecule has 1 fully saturated rings. The van der Waals surface area contributed by atoms with Crippen LogP contribution < -0.4 is 19.7 Å². The number of carbonyl (C=O) groups is 1. The number of ether oxygens (including phenoxy) is 2. The van der Waals surface area contributed by atoms with E-state index in [9.17, 15) is 18.0 Å². The van der Waals surface area contributed by atoms with Gasteiger partial charge in [-0.15, -0.1) is 13.2 Å². The Bertz CT molecular complexity index is 893. The lowest BCUT2D eigenvalue weighted by molar-refractivity contribution is -0.274. The SMILES string of the molecule is COc1nc(NCCc2ccc(OC(F)(F)F)cc2)cc(N2CCC(CC(=O)O)C2)n1. The third kappa shape index (κ3) is 6.90. The average Bonchev–Trinajstić information content (AvgIpc) is 3.16. The van der Waals surface area contributed by atoms with Crippen LogP contribution in [0.2, 0.25) is 0 Å². The van der Waals surface area contributed by atoms with E-state index in [4.69, 9.17) is 9.84 Å². The standard InChI is InChI=1S/C20H23F3N4O4/c1-30-19-25-16(11-17(26-19)27-9-7-14(12-27)10-18(28)29)24-8-6-13-2-4-15(5-3-13)31-20(21,22)23/h2-5,11,14H,6-10,12H2,1H3,(H,28,29)(H,24,25,26). The predicted molar refractivity (Wildman–Crippen MR) is 106 cm³/mol. The van der Waals surface area contributed by atoms with Crippen molar-refractivity contribution in [3.8, 4) is 11.8 Å². The summed E-state index contributed by atoms with van der Waals surface area (Å²) < 4.78 is 45.7. The molecule has 2 heterocycles. The number of hydrogen-bond acceptors (Lipinski definition) is 7. The Labute approximate surface area is 177 Å². The van der Waals surface area contributed by atoms with Gasteiger partial charge in [0, 0.05) is 32.1 Å². The van der Waals surface area contributed by atoms with E-state index in [2.05, 4.69) is 20.0 Å². The molecule has 0 amide bonds. The van der Waals surface area contributed by atoms with Gasteiger partial charge in [-0.2, -0.15) is 9.97 Å². The summed E-state index contributed by atoms with van der Waals surface area (Å²) in [6.45, 7) is 1.78. The van der Waals surface area contributed by atoms with Crippen LogP contribution in [0, 0.1) is 5.92 Å². The number of halogens is 3. The van der Waals surface area contributed by atoms with Gasteiger partial charge in [-0.25, -0.2) is 0 Å². The number of hydrogen-bond donors (Lipinski definition) is 2. The normalized spacial score (nSPS) is 16.3. The molecule has 0 spiro atoms. The summed E-state index contributed by atoms with van der Waals surface area (Å²) in [4.78, 5) is 21.6. The molecule has 0 saturated carbocycles. The van der Waals surface area contributed by atoms with Crippen molar-refractivity contribution >= 4 is 17.6 Å². The zero-order valence-corrected chi connectivity index (χ0v) is 16.9. The van der Waals surface area contributed by atoms with Crippen LogP contribution in [-0.2, 0) is 11.2 Å². The lowest BCUT2D eigenvalue weighted by Gasteiger charge is -2.19. The maximum Gasteiger partial charge on any atom is 0.573 e. The highest BCUT2D eigenvalue weighted by Crippen LogP contribution is 2.27. The zero-order valence-electron chi connectivity index (χ0n) is 16.9. The highest BCUT2D eigenvalue weighted by Gasteiger charge is 2.31. The van der Waals surface area contributed by atoms with Crippen molar-refractivity contribution in [2.75, 3.05) is 37.0 Å². The maximum atomic E-state index is 12.2. The van der Waals surface area contributed by atoms with E-state index in [1.54, 1.807) is 18.2 Å². The summed E-state index contributed by atoms with van der Waals surface area (Å²) in [7, 11) is 1.46. The fourth-order valence-electron chi connectivity index (χ4n) is 3.40. The zero-order chi connectivity index (χ0) is 22.4. The van der Waals surface area contributed by atoms with Gasteiger partial charge in [-0.05, 0) is 36.5 Å². The topological polar surface area (TPSA) is 96.8 Å². The lowest BCUT2D eigenvalue weighted by Crippen LogP contribution is -2.22. The molecule has 1 aliphatic rings. The highest BCUT2D eigenvalue weighted by atomic mass is 19.4. The Morgan fingerprint density at radius 3 is 2.68 bits per heavy atom. The first-order valence-electron chi connectivity index (χ1n) is 9.70. The van der Waals surface area contributed by atoms with Gasteiger partial charge >= 0.3 is 18.3 Å². The summed E-state index contributed by atoms with van der Waals surface area (Å²) >= 11 is 0. The highest BCUT2D eigenvalue weighted by molar-refractivity contribution is 5.67. The first-order valence-corrected chi connectivity index (χ1v) is 9.70. The van der Waals surface area contributed by atoms with Crippen molar-refractivity contribution in [1.82, 2.24) is 9.97 Å². The largest absolute Gasteiger partial charge is 0.573 e. The third-order valence-corrected chi connectivity index (χ3v) is 4.82. The average molecular weight is 440 g/mol. The number of nitrogens with zero attached hydrogens (tertiary/aromatic N) is 3. The van der Waals surface area contributed by atoms with Crippen molar-refractivity contribution in [2.45, 2.75) is 25.6 Å². The molecule has 1 saturated heterocycles. The second-order valence-electron chi connectivity index (χ2n) is 7.17. The van der Waals surface area contributed by atoms with E-state index in [1.165, 1.54) is 19.2 Å². The molecule has 0 aliphatic carbocycles. The van der Waals surface area contributed by atoms with Crippen molar-refractivity contribution in [3.63, 3.8) is 0 Å². The van der Waals surface area contributed by atoms with Gasteiger partial charge in [0.05, 0.1) is 7.11 Å². The minimum absolute atomic E-state index is 0.0687. The van der Waals surface area contributed by atoms with Gasteiger partial charge in [0.2, 0.25) is 0 Å². The number of alkyl halides is 3. The minimum Gasteiger partial charge on any atom is -0.481 e. The van der Waals surface area contributed by atoms with E-state index in [0.717, 1.165) is 12.0 Å². The van der Waals surface area contributed by atoms with Crippen molar-refractivity contribution in [2.24, 2.45) is 5.92 Å². The predicted octanol–water partition coefficient (Wildman–Crippen LogP) is 3.34. The van der Waals surface area contributed by atoms with Crippen molar-refractivity contribution in [3.05, 3.63) is 35.9 Å². The molecule has 3 rings (SSSR count). The van der Waals surface area contributed by atoms with E-state index >= 15 is 0 Å². The van der Waals surface area contributed by atoms with Crippen molar-refractivity contribution in [1.29, 1.82) is 0 Å². The number of rotatable bonds is 9. The smallest absolute Gasteiger partial charge is 0.481 e. The molecule has 1 aromatic heterocycles. The molecule has 11 heteroatoms. The molecule has 1 unspecified atom stereocenters. The van der Waals surface area contributed by atoms with Crippen LogP contribution in [0.5, 0.6) is 11.8 Å². The van der Waals surface area contributed by atoms with Crippen molar-refractivity contribution < 1.29 is 32.5 Å². The van der Waals surface area contributed by atoms with E-state index in [1.807, 2.05) is 4.90 Å². The van der Waals surface area contributed by atoms with E-state index in [0.29, 0.717) is 37.7 Å². The summed E-state index contributed by atoms with van der Waals surface area (Å²) in [6.07, 6.45) is -3.26. The molecule has 1 aliphatic heterocycles. The number of anilines is 2. The Morgan fingerprint density at radius 2 is 2.03 bits per heavy atom. The summed E-state index contributed by atoms with van der Waals surface area (Å²) in [5.41, 5.74) is 0.833. The third-order valence-electron chi connectivity index (χ3n) is 4.82. The van der Waals surface area contributed by atoms with Gasteiger partial charge in [0.15, 0.2) is 0 Å². The van der Waals surface area contributed by atoms with Crippen LogP contribution in [0.15, 0.2) is 30.3 Å². The summed E-state index contributed by atoms with van der Waals surface area (Å²) in [6, 6.07) is 7.65. The van der Waals surface area contributed by atoms with Crippen LogP contribution >= 0.6 is 0 Å². The molecule has 2 aromatic rings. The fourth-order valence-corrected chi connectivity index (χ4v) is 3.40. The molecule has 168 valence electrons. The van der Waals surface area contributed by atoms with Crippen LogP contribution in [0.1, 0.15) is 18.4 Å². The number of carboxylic acid groups (broad SMARTS) is 1. The monoisotopic (exact) mass is 440 g/mol. The molecule has 1 atom stereocenters. The molecule has 0 bridgehead atoms. The molecular formula is C20H23F3N4O4. The first kappa shape index (κ1) is 22.4. The molecular weight excluding hydrogens is 417 g/mol. The Balaban J connectivity index is 1.58. The molecule has 31 heavy (non-hydrogen) atoms. The van der Waals surface area contributed by atoms with Gasteiger partial charge in [-0.1, -0.05) is 12.1 Å². The number of methoxy groups -OCH3 is 1. The number of aromatic nitrogens is 2. The van der Waals surface area contributed by atoms with Gasteiger partial charge in [0.1, 0.15) is 17.4 Å². The number of carboxylic acids is 1. The van der Waals surface area contributed by atoms with Crippen LogP contribution in [-0.4, -0.2) is 54.2 Å². The summed E-state index contributed by atoms with van der Waals surface area (Å²) in [5, 5.41) is 12.1. The minimum atomic E-state index is -4.71. The number of nitrogens with one attached hydrogen (secondary N) is 1. The van der Waals surface area contributed by atoms with Crippen LogP contribution in [0.3, 0.4) is 0 Å². The number of aliphatic carboxylic acids is 1. The van der Waals surface area contributed by atoms with Crippen LogP contribution in [0.4, 0.5) is 24.8 Å². The molecule has 0 radical (unpaired) electrons. The summed E-state index contributed by atoms with van der Waals surface area (Å²) in [5.74, 6) is 0.185. The Hall–Kier alpha value is -3.24. The van der Waals surface area contributed by atoms with Crippen LogP contribution in [0.25, 0.3) is 0 Å².